The first-order chi connectivity index (χ1) is 9.65. The monoisotopic (exact) mass is 275 g/mol. The highest BCUT2D eigenvalue weighted by Gasteiger charge is 2.16. The Bertz CT molecular complexity index is 757. The number of fused-ring (bicyclic) bond motifs is 1. The third-order valence-electron chi connectivity index (χ3n) is 2.58. The van der Waals surface area contributed by atoms with Gasteiger partial charge in [0.2, 0.25) is 11.8 Å². The lowest BCUT2D eigenvalue weighted by molar-refractivity contribution is 0.0699. The van der Waals surface area contributed by atoms with Gasteiger partial charge in [0.15, 0.2) is 0 Å². The minimum absolute atomic E-state index is 0.0386. The second-order valence-electron chi connectivity index (χ2n) is 3.86. The number of carbonyl (C=O) groups is 1. The number of nitrogens with one attached hydrogen (secondary N) is 1. The molecule has 0 bridgehead atoms. The number of H-pyrrole nitrogens is 1. The van der Waals surface area contributed by atoms with Crippen molar-refractivity contribution < 1.29 is 24.6 Å². The zero-order valence-corrected chi connectivity index (χ0v) is 9.98. The first kappa shape index (κ1) is 11.9. The maximum atomic E-state index is 11.6. The summed E-state index contributed by atoms with van der Waals surface area (Å²) in [6.07, 6.45) is -1.15. The van der Waals surface area contributed by atoms with Crippen LogP contribution < -0.4 is 9.57 Å². The van der Waals surface area contributed by atoms with Crippen LogP contribution in [0, 0.1) is 0 Å². The molecule has 1 aromatic carbocycles. The molecule has 0 aliphatic heterocycles. The molecule has 102 valence electrons. The molecule has 2 aromatic heterocycles. The number of aromatic amines is 1. The van der Waals surface area contributed by atoms with Gasteiger partial charge in [-0.05, 0) is 12.1 Å². The van der Waals surface area contributed by atoms with E-state index in [0.29, 0.717) is 15.6 Å². The SMILES string of the molecule is O=C(Oc1n[nH]c2ccccc12)On1c(O)ccc1O. The topological polar surface area (TPSA) is 110 Å². The standard InChI is InChI=1S/C12H9N3O5/c16-9-5-6-10(17)15(9)20-12(18)19-11-7-3-1-2-4-8(7)13-14-11/h1-6,16-17H,(H,13,14). The van der Waals surface area contributed by atoms with Gasteiger partial charge in [0.25, 0.3) is 5.88 Å². The predicted molar refractivity (Wildman–Crippen MR) is 66.5 cm³/mol. The molecule has 8 heteroatoms. The summed E-state index contributed by atoms with van der Waals surface area (Å²) in [6, 6.07) is 9.37. The molecule has 0 saturated carbocycles. The van der Waals surface area contributed by atoms with E-state index in [1.165, 1.54) is 0 Å². The number of hydrogen-bond donors (Lipinski definition) is 3. The van der Waals surface area contributed by atoms with Crippen molar-refractivity contribution in [2.45, 2.75) is 0 Å². The molecule has 8 nitrogen and oxygen atoms in total. The summed E-state index contributed by atoms with van der Waals surface area (Å²) < 4.78 is 5.43. The zero-order valence-electron chi connectivity index (χ0n) is 9.98. The summed E-state index contributed by atoms with van der Waals surface area (Å²) in [5.74, 6) is -0.839. The zero-order chi connectivity index (χ0) is 14.1. The van der Waals surface area contributed by atoms with Crippen LogP contribution in [-0.4, -0.2) is 31.3 Å². The normalized spacial score (nSPS) is 10.6. The van der Waals surface area contributed by atoms with Crippen molar-refractivity contribution in [2.75, 3.05) is 0 Å². The summed E-state index contributed by atoms with van der Waals surface area (Å²) in [7, 11) is 0. The summed E-state index contributed by atoms with van der Waals surface area (Å²) in [5.41, 5.74) is 0.696. The molecular formula is C12H9N3O5. The summed E-state index contributed by atoms with van der Waals surface area (Å²) in [6.45, 7) is 0. The molecule has 3 rings (SSSR count). The van der Waals surface area contributed by atoms with Crippen LogP contribution in [0.4, 0.5) is 4.79 Å². The molecule has 3 N–H and O–H groups in total. The van der Waals surface area contributed by atoms with Crippen molar-refractivity contribution in [1.29, 1.82) is 0 Å². The van der Waals surface area contributed by atoms with Crippen LogP contribution in [0.5, 0.6) is 17.6 Å². The summed E-state index contributed by atoms with van der Waals surface area (Å²) in [5, 5.41) is 25.8. The molecule has 0 unspecified atom stereocenters. The van der Waals surface area contributed by atoms with Crippen LogP contribution >= 0.6 is 0 Å². The van der Waals surface area contributed by atoms with Crippen LogP contribution in [0.3, 0.4) is 0 Å². The Hall–Kier alpha value is -3.16. The van der Waals surface area contributed by atoms with Gasteiger partial charge in [0.1, 0.15) is 0 Å². The van der Waals surface area contributed by atoms with Crippen molar-refractivity contribution >= 4 is 17.1 Å². The number of benzene rings is 1. The molecule has 0 saturated heterocycles. The smallest absolute Gasteiger partial charge is 0.492 e. The molecule has 0 aliphatic carbocycles. The Morgan fingerprint density at radius 2 is 1.85 bits per heavy atom. The van der Waals surface area contributed by atoms with Crippen LogP contribution in [0.25, 0.3) is 10.9 Å². The van der Waals surface area contributed by atoms with Crippen molar-refractivity contribution in [3.8, 4) is 17.6 Å². The molecular weight excluding hydrogens is 266 g/mol. The molecule has 0 radical (unpaired) electrons. The van der Waals surface area contributed by atoms with E-state index < -0.39 is 17.9 Å². The second-order valence-corrected chi connectivity index (χ2v) is 3.86. The first-order valence-corrected chi connectivity index (χ1v) is 5.58. The molecule has 3 aromatic rings. The Morgan fingerprint density at radius 3 is 2.60 bits per heavy atom. The van der Waals surface area contributed by atoms with Gasteiger partial charge in [0, 0.05) is 12.1 Å². The van der Waals surface area contributed by atoms with Crippen molar-refractivity contribution in [3.63, 3.8) is 0 Å². The van der Waals surface area contributed by atoms with Gasteiger partial charge in [-0.25, -0.2) is 4.79 Å². The minimum Gasteiger partial charge on any atom is -0.492 e. The summed E-state index contributed by atoms with van der Waals surface area (Å²) in [4.78, 5) is 16.2. The van der Waals surface area contributed by atoms with Gasteiger partial charge in [-0.1, -0.05) is 12.1 Å². The lowest BCUT2D eigenvalue weighted by atomic mass is 10.2. The molecule has 0 atom stereocenters. The molecule has 0 amide bonds. The third kappa shape index (κ3) is 1.99. The van der Waals surface area contributed by atoms with Crippen LogP contribution in [0.1, 0.15) is 0 Å². The predicted octanol–water partition coefficient (Wildman–Crippen LogP) is 1.40. The van der Waals surface area contributed by atoms with E-state index in [1.807, 2.05) is 0 Å². The fourth-order valence-corrected chi connectivity index (χ4v) is 1.68. The van der Waals surface area contributed by atoms with Gasteiger partial charge < -0.3 is 14.9 Å². The fourth-order valence-electron chi connectivity index (χ4n) is 1.68. The van der Waals surface area contributed by atoms with E-state index >= 15 is 0 Å². The van der Waals surface area contributed by atoms with E-state index in [-0.39, 0.29) is 5.88 Å². The quantitative estimate of drug-likeness (QED) is 0.610. The Balaban J connectivity index is 1.80. The number of carbonyl (C=O) groups excluding carboxylic acids is 1. The number of hydrogen-bond acceptors (Lipinski definition) is 6. The second kappa shape index (κ2) is 4.50. The van der Waals surface area contributed by atoms with E-state index in [1.54, 1.807) is 24.3 Å². The average molecular weight is 275 g/mol. The summed E-state index contributed by atoms with van der Waals surface area (Å²) >= 11 is 0. The fraction of sp³-hybridized carbons (Fsp3) is 0. The number of rotatable bonds is 2. The number of nitrogens with zero attached hydrogens (tertiary/aromatic N) is 2. The van der Waals surface area contributed by atoms with Crippen LogP contribution in [-0.2, 0) is 0 Å². The number of aromatic nitrogens is 3. The van der Waals surface area contributed by atoms with Crippen molar-refractivity contribution in [1.82, 2.24) is 14.9 Å². The number of aromatic hydroxyl groups is 2. The largest absolute Gasteiger partial charge is 0.541 e. The molecule has 0 fully saturated rings. The minimum atomic E-state index is -1.15. The van der Waals surface area contributed by atoms with Crippen molar-refractivity contribution in [2.24, 2.45) is 0 Å². The Labute approximate surface area is 111 Å². The van der Waals surface area contributed by atoms with Gasteiger partial charge in [0.05, 0.1) is 10.9 Å². The highest BCUT2D eigenvalue weighted by Crippen LogP contribution is 2.23. The Kier molecular flexibility index (Phi) is 2.68. The average Bonchev–Trinajstić information content (AvgIpc) is 2.98. The lowest BCUT2D eigenvalue weighted by Crippen LogP contribution is -2.22. The first-order valence-electron chi connectivity index (χ1n) is 5.58. The molecule has 2 heterocycles. The van der Waals surface area contributed by atoms with Crippen LogP contribution in [0.15, 0.2) is 36.4 Å². The highest BCUT2D eigenvalue weighted by molar-refractivity contribution is 5.85. The lowest BCUT2D eigenvalue weighted by Gasteiger charge is -2.05. The van der Waals surface area contributed by atoms with E-state index in [0.717, 1.165) is 12.1 Å². The van der Waals surface area contributed by atoms with Crippen molar-refractivity contribution in [3.05, 3.63) is 36.4 Å². The van der Waals surface area contributed by atoms with Gasteiger partial charge >= 0.3 is 6.16 Å². The van der Waals surface area contributed by atoms with Crippen LogP contribution in [0.2, 0.25) is 0 Å². The van der Waals surface area contributed by atoms with Gasteiger partial charge in [-0.3, -0.25) is 9.94 Å². The Morgan fingerprint density at radius 1 is 1.15 bits per heavy atom. The molecule has 0 aliphatic rings. The third-order valence-corrected chi connectivity index (χ3v) is 2.58. The number of ether oxygens (including phenoxy) is 1. The van der Waals surface area contributed by atoms with E-state index in [9.17, 15) is 15.0 Å². The van der Waals surface area contributed by atoms with Gasteiger partial charge in [-0.15, -0.1) is 9.83 Å². The highest BCUT2D eigenvalue weighted by atomic mass is 16.8. The number of para-hydroxylation sites is 1. The van der Waals surface area contributed by atoms with E-state index in [2.05, 4.69) is 15.0 Å². The van der Waals surface area contributed by atoms with Gasteiger partial charge in [-0.2, -0.15) is 0 Å². The molecule has 20 heavy (non-hydrogen) atoms. The maximum absolute atomic E-state index is 11.6. The molecule has 0 spiro atoms. The maximum Gasteiger partial charge on any atom is 0.541 e. The van der Waals surface area contributed by atoms with E-state index in [4.69, 9.17) is 4.74 Å².